The van der Waals surface area contributed by atoms with Gasteiger partial charge in [0.25, 0.3) is 0 Å². The highest BCUT2D eigenvalue weighted by Gasteiger charge is 2.30. The monoisotopic (exact) mass is 246 g/mol. The number of ether oxygens (including phenoxy) is 1. The van der Waals surface area contributed by atoms with Gasteiger partial charge in [0.15, 0.2) is 0 Å². The molecule has 0 bridgehead atoms. The van der Waals surface area contributed by atoms with E-state index in [1.54, 1.807) is 19.1 Å². The average Bonchev–Trinajstić information content (AvgIpc) is 2.25. The molecule has 4 heteroatoms. The SMILES string of the molecule is CC.COCCN(C)C(=O)C(C)(C)NC(C)C. The Morgan fingerprint density at radius 1 is 1.35 bits per heavy atom. The Labute approximate surface area is 107 Å². The third-order valence-electron chi connectivity index (χ3n) is 2.16. The van der Waals surface area contributed by atoms with Gasteiger partial charge in [0.2, 0.25) is 5.91 Å². The molecule has 0 atom stereocenters. The molecule has 0 aromatic carbocycles. The number of amides is 1. The van der Waals surface area contributed by atoms with Crippen LogP contribution in [-0.2, 0) is 9.53 Å². The van der Waals surface area contributed by atoms with Gasteiger partial charge in [-0.3, -0.25) is 4.79 Å². The molecule has 0 aliphatic rings. The van der Waals surface area contributed by atoms with E-state index in [4.69, 9.17) is 4.74 Å². The van der Waals surface area contributed by atoms with Gasteiger partial charge in [-0.15, -0.1) is 0 Å². The van der Waals surface area contributed by atoms with E-state index in [-0.39, 0.29) is 5.91 Å². The highest BCUT2D eigenvalue weighted by atomic mass is 16.5. The van der Waals surface area contributed by atoms with Gasteiger partial charge in [-0.05, 0) is 27.7 Å². The number of likely N-dealkylation sites (N-methyl/N-ethyl adjacent to an activating group) is 1. The Bertz CT molecular complexity index is 204. The topological polar surface area (TPSA) is 41.6 Å². The molecule has 0 aliphatic carbocycles. The second-order valence-corrected chi connectivity index (χ2v) is 4.64. The van der Waals surface area contributed by atoms with E-state index in [1.165, 1.54) is 0 Å². The van der Waals surface area contributed by atoms with Crippen LogP contribution in [0.4, 0.5) is 0 Å². The maximum atomic E-state index is 12.0. The Morgan fingerprint density at radius 3 is 2.18 bits per heavy atom. The first kappa shape index (κ1) is 18.7. The number of carbonyl (C=O) groups is 1. The van der Waals surface area contributed by atoms with Gasteiger partial charge in [-0.1, -0.05) is 13.8 Å². The summed E-state index contributed by atoms with van der Waals surface area (Å²) in [7, 11) is 3.43. The summed E-state index contributed by atoms with van der Waals surface area (Å²) >= 11 is 0. The minimum absolute atomic E-state index is 0.0910. The Balaban J connectivity index is 0. The summed E-state index contributed by atoms with van der Waals surface area (Å²) < 4.78 is 4.94. The van der Waals surface area contributed by atoms with Crippen LogP contribution in [0.3, 0.4) is 0 Å². The minimum Gasteiger partial charge on any atom is -0.383 e. The molecule has 0 aromatic heterocycles. The second-order valence-electron chi connectivity index (χ2n) is 4.64. The fourth-order valence-corrected chi connectivity index (χ4v) is 1.59. The van der Waals surface area contributed by atoms with Crippen molar-refractivity contribution in [1.29, 1.82) is 0 Å². The van der Waals surface area contributed by atoms with Crippen LogP contribution in [0.15, 0.2) is 0 Å². The zero-order chi connectivity index (χ0) is 14.1. The van der Waals surface area contributed by atoms with Crippen LogP contribution >= 0.6 is 0 Å². The lowest BCUT2D eigenvalue weighted by Crippen LogP contribution is -2.55. The van der Waals surface area contributed by atoms with E-state index in [1.807, 2.05) is 41.5 Å². The lowest BCUT2D eigenvalue weighted by atomic mass is 10.0. The Kier molecular flexibility index (Phi) is 10.4. The first-order chi connectivity index (χ1) is 7.81. The van der Waals surface area contributed by atoms with Crippen LogP contribution in [0.5, 0.6) is 0 Å². The molecule has 1 N–H and O–H groups in total. The fraction of sp³-hybridized carbons (Fsp3) is 0.923. The standard InChI is InChI=1S/C11H24N2O2.C2H6/c1-9(2)12-11(3,4)10(14)13(5)7-8-15-6;1-2/h9,12H,7-8H2,1-6H3;1-2H3. The number of hydrogen-bond donors (Lipinski definition) is 1. The lowest BCUT2D eigenvalue weighted by molar-refractivity contribution is -0.136. The highest BCUT2D eigenvalue weighted by molar-refractivity contribution is 5.85. The molecule has 0 heterocycles. The van der Waals surface area contributed by atoms with Crippen LogP contribution in [-0.4, -0.2) is 49.7 Å². The maximum absolute atomic E-state index is 12.0. The number of rotatable bonds is 6. The van der Waals surface area contributed by atoms with Gasteiger partial charge >= 0.3 is 0 Å². The van der Waals surface area contributed by atoms with Gasteiger partial charge in [0.1, 0.15) is 0 Å². The summed E-state index contributed by atoms with van der Waals surface area (Å²) in [5.74, 6) is 0.0910. The number of nitrogens with one attached hydrogen (secondary N) is 1. The van der Waals surface area contributed by atoms with Gasteiger partial charge in [-0.2, -0.15) is 0 Å². The molecule has 17 heavy (non-hydrogen) atoms. The first-order valence-electron chi connectivity index (χ1n) is 6.33. The molecule has 0 spiro atoms. The number of nitrogens with zero attached hydrogens (tertiary/aromatic N) is 1. The van der Waals surface area contributed by atoms with Crippen molar-refractivity contribution in [2.75, 3.05) is 27.3 Å². The summed E-state index contributed by atoms with van der Waals surface area (Å²) in [6, 6.07) is 0.291. The fourth-order valence-electron chi connectivity index (χ4n) is 1.59. The molecular formula is C13H30N2O2. The maximum Gasteiger partial charge on any atom is 0.242 e. The predicted molar refractivity (Wildman–Crippen MR) is 73.2 cm³/mol. The van der Waals surface area contributed by atoms with Gasteiger partial charge in [0.05, 0.1) is 12.1 Å². The van der Waals surface area contributed by atoms with Crippen molar-refractivity contribution in [2.24, 2.45) is 0 Å². The third-order valence-corrected chi connectivity index (χ3v) is 2.16. The predicted octanol–water partition coefficient (Wildman–Crippen LogP) is 1.89. The van der Waals surface area contributed by atoms with E-state index < -0.39 is 5.54 Å². The van der Waals surface area contributed by atoms with Gasteiger partial charge < -0.3 is 15.0 Å². The van der Waals surface area contributed by atoms with E-state index in [0.717, 1.165) is 0 Å². The Morgan fingerprint density at radius 2 is 1.82 bits per heavy atom. The summed E-state index contributed by atoms with van der Waals surface area (Å²) in [6.07, 6.45) is 0. The molecule has 0 unspecified atom stereocenters. The zero-order valence-corrected chi connectivity index (χ0v) is 12.8. The molecule has 0 aromatic rings. The number of carbonyl (C=O) groups excluding carboxylic acids is 1. The second kappa shape index (κ2) is 9.42. The number of methoxy groups -OCH3 is 1. The number of hydrogen-bond acceptors (Lipinski definition) is 3. The van der Waals surface area contributed by atoms with Crippen molar-refractivity contribution in [1.82, 2.24) is 10.2 Å². The lowest BCUT2D eigenvalue weighted by Gasteiger charge is -2.31. The van der Waals surface area contributed by atoms with E-state index in [0.29, 0.717) is 19.2 Å². The largest absolute Gasteiger partial charge is 0.383 e. The van der Waals surface area contributed by atoms with Crippen molar-refractivity contribution in [3.05, 3.63) is 0 Å². The van der Waals surface area contributed by atoms with Gasteiger partial charge in [-0.25, -0.2) is 0 Å². The van der Waals surface area contributed by atoms with E-state index >= 15 is 0 Å². The van der Waals surface area contributed by atoms with E-state index in [9.17, 15) is 4.79 Å². The highest BCUT2D eigenvalue weighted by Crippen LogP contribution is 2.08. The quantitative estimate of drug-likeness (QED) is 0.778. The molecule has 1 amide bonds. The van der Waals surface area contributed by atoms with Crippen molar-refractivity contribution in [3.63, 3.8) is 0 Å². The third kappa shape index (κ3) is 8.16. The summed E-state index contributed by atoms with van der Waals surface area (Å²) in [5, 5.41) is 3.24. The molecule has 4 nitrogen and oxygen atoms in total. The van der Waals surface area contributed by atoms with Crippen molar-refractivity contribution in [3.8, 4) is 0 Å². The average molecular weight is 246 g/mol. The molecule has 0 saturated heterocycles. The smallest absolute Gasteiger partial charge is 0.242 e. The van der Waals surface area contributed by atoms with E-state index in [2.05, 4.69) is 5.32 Å². The van der Waals surface area contributed by atoms with Gasteiger partial charge in [0, 0.05) is 26.7 Å². The first-order valence-corrected chi connectivity index (χ1v) is 6.33. The molecule has 0 radical (unpaired) electrons. The van der Waals surface area contributed by atoms with Crippen LogP contribution in [0.1, 0.15) is 41.5 Å². The normalized spacial score (nSPS) is 10.9. The minimum atomic E-state index is -0.517. The molecule has 104 valence electrons. The molecule has 0 rings (SSSR count). The van der Waals surface area contributed by atoms with Crippen LogP contribution in [0.25, 0.3) is 0 Å². The van der Waals surface area contributed by atoms with Crippen molar-refractivity contribution < 1.29 is 9.53 Å². The van der Waals surface area contributed by atoms with Crippen LogP contribution < -0.4 is 5.32 Å². The zero-order valence-electron chi connectivity index (χ0n) is 12.8. The molecule has 0 saturated carbocycles. The Hall–Kier alpha value is -0.610. The van der Waals surface area contributed by atoms with Crippen molar-refractivity contribution in [2.45, 2.75) is 53.1 Å². The van der Waals surface area contributed by atoms with Crippen LogP contribution in [0, 0.1) is 0 Å². The summed E-state index contributed by atoms with van der Waals surface area (Å²) in [6.45, 7) is 13.1. The van der Waals surface area contributed by atoms with Crippen LogP contribution in [0.2, 0.25) is 0 Å². The summed E-state index contributed by atoms with van der Waals surface area (Å²) in [4.78, 5) is 13.7. The van der Waals surface area contributed by atoms with Crippen molar-refractivity contribution >= 4 is 5.91 Å². The summed E-state index contributed by atoms with van der Waals surface area (Å²) in [5.41, 5.74) is -0.517. The molecular weight excluding hydrogens is 216 g/mol. The molecule has 0 aliphatic heterocycles. The molecule has 0 fully saturated rings.